The average Bonchev–Trinajstić information content (AvgIpc) is 2.98. The molecule has 0 atom stereocenters. The third-order valence-electron chi connectivity index (χ3n) is 3.78. The van der Waals surface area contributed by atoms with Gasteiger partial charge in [0.25, 0.3) is 0 Å². The van der Waals surface area contributed by atoms with Crippen molar-refractivity contribution in [2.24, 2.45) is 0 Å². The second-order valence-electron chi connectivity index (χ2n) is 5.31. The zero-order valence-corrected chi connectivity index (χ0v) is 12.8. The number of hydrogen-bond acceptors (Lipinski definition) is 3. The SMILES string of the molecule is CCc1ccccc1-n1nnc(CO)c1-c1cccc(C)c1. The maximum atomic E-state index is 9.62. The van der Waals surface area contributed by atoms with Crippen molar-refractivity contribution in [1.29, 1.82) is 0 Å². The van der Waals surface area contributed by atoms with Gasteiger partial charge in [-0.1, -0.05) is 54.1 Å². The van der Waals surface area contributed by atoms with Gasteiger partial charge in [0.05, 0.1) is 12.3 Å². The van der Waals surface area contributed by atoms with Crippen molar-refractivity contribution in [3.63, 3.8) is 0 Å². The van der Waals surface area contributed by atoms with Crippen molar-refractivity contribution < 1.29 is 5.11 Å². The minimum Gasteiger partial charge on any atom is -0.390 e. The Morgan fingerprint density at radius 2 is 1.91 bits per heavy atom. The molecule has 0 spiro atoms. The van der Waals surface area contributed by atoms with Crippen LogP contribution in [0.3, 0.4) is 0 Å². The molecule has 112 valence electrons. The standard InChI is InChI=1S/C18H19N3O/c1-3-14-8-4-5-10-17(14)21-18(16(12-22)19-20-21)15-9-6-7-13(2)11-15/h4-11,22H,3,12H2,1-2H3. The number of aliphatic hydroxyl groups excluding tert-OH is 1. The molecule has 0 aliphatic rings. The molecule has 4 heteroatoms. The number of hydrogen-bond donors (Lipinski definition) is 1. The summed E-state index contributed by atoms with van der Waals surface area (Å²) >= 11 is 0. The van der Waals surface area contributed by atoms with Gasteiger partial charge in [-0.2, -0.15) is 0 Å². The van der Waals surface area contributed by atoms with Gasteiger partial charge in [-0.25, -0.2) is 4.68 Å². The van der Waals surface area contributed by atoms with Gasteiger partial charge in [-0.15, -0.1) is 5.10 Å². The van der Waals surface area contributed by atoms with Gasteiger partial charge in [0, 0.05) is 5.56 Å². The van der Waals surface area contributed by atoms with E-state index in [9.17, 15) is 5.11 Å². The Bertz CT molecular complexity index is 793. The molecule has 1 heterocycles. The highest BCUT2D eigenvalue weighted by Crippen LogP contribution is 2.27. The molecule has 3 rings (SSSR count). The number of rotatable bonds is 4. The number of para-hydroxylation sites is 1. The Balaban J connectivity index is 2.24. The fourth-order valence-electron chi connectivity index (χ4n) is 2.69. The van der Waals surface area contributed by atoms with E-state index in [-0.39, 0.29) is 6.61 Å². The van der Waals surface area contributed by atoms with Crippen LogP contribution in [-0.4, -0.2) is 20.1 Å². The summed E-state index contributed by atoms with van der Waals surface area (Å²) in [5.41, 5.74) is 5.83. The molecule has 0 aliphatic carbocycles. The fourth-order valence-corrected chi connectivity index (χ4v) is 2.69. The highest BCUT2D eigenvalue weighted by molar-refractivity contribution is 5.65. The highest BCUT2D eigenvalue weighted by Gasteiger charge is 2.17. The molecule has 0 radical (unpaired) electrons. The topological polar surface area (TPSA) is 50.9 Å². The fraction of sp³-hybridized carbons (Fsp3) is 0.222. The van der Waals surface area contributed by atoms with Crippen molar-refractivity contribution in [2.45, 2.75) is 26.9 Å². The van der Waals surface area contributed by atoms with E-state index >= 15 is 0 Å². The first-order valence-corrected chi connectivity index (χ1v) is 7.45. The van der Waals surface area contributed by atoms with Gasteiger partial charge in [0.1, 0.15) is 11.4 Å². The van der Waals surface area contributed by atoms with Gasteiger partial charge in [-0.05, 0) is 31.0 Å². The number of aryl methyl sites for hydroxylation is 2. The second kappa shape index (κ2) is 6.12. The first-order chi connectivity index (χ1) is 10.7. The molecule has 1 N–H and O–H groups in total. The predicted octanol–water partition coefficient (Wildman–Crippen LogP) is 3.30. The summed E-state index contributed by atoms with van der Waals surface area (Å²) in [6.45, 7) is 4.04. The monoisotopic (exact) mass is 293 g/mol. The van der Waals surface area contributed by atoms with E-state index < -0.39 is 0 Å². The number of aromatic nitrogens is 3. The first kappa shape index (κ1) is 14.5. The molecule has 0 saturated carbocycles. The van der Waals surface area contributed by atoms with E-state index in [1.54, 1.807) is 0 Å². The van der Waals surface area contributed by atoms with Gasteiger partial charge in [-0.3, -0.25) is 0 Å². The summed E-state index contributed by atoms with van der Waals surface area (Å²) in [6.07, 6.45) is 0.914. The second-order valence-corrected chi connectivity index (χ2v) is 5.31. The van der Waals surface area contributed by atoms with E-state index in [0.717, 1.165) is 28.9 Å². The summed E-state index contributed by atoms with van der Waals surface area (Å²) in [5, 5.41) is 18.1. The van der Waals surface area contributed by atoms with E-state index in [2.05, 4.69) is 42.4 Å². The lowest BCUT2D eigenvalue weighted by atomic mass is 10.1. The smallest absolute Gasteiger partial charge is 0.117 e. The van der Waals surface area contributed by atoms with Crippen molar-refractivity contribution >= 4 is 0 Å². The molecule has 0 unspecified atom stereocenters. The molecule has 0 saturated heterocycles. The summed E-state index contributed by atoms with van der Waals surface area (Å²) < 4.78 is 1.83. The van der Waals surface area contributed by atoms with Crippen LogP contribution in [0.5, 0.6) is 0 Å². The minimum atomic E-state index is -0.127. The van der Waals surface area contributed by atoms with E-state index in [1.165, 1.54) is 5.56 Å². The Hall–Kier alpha value is -2.46. The number of nitrogens with zero attached hydrogens (tertiary/aromatic N) is 3. The average molecular weight is 293 g/mol. The lowest BCUT2D eigenvalue weighted by Gasteiger charge is -2.12. The van der Waals surface area contributed by atoms with Crippen LogP contribution in [0.15, 0.2) is 48.5 Å². The zero-order valence-electron chi connectivity index (χ0n) is 12.8. The summed E-state index contributed by atoms with van der Waals surface area (Å²) in [5.74, 6) is 0. The maximum Gasteiger partial charge on any atom is 0.117 e. The van der Waals surface area contributed by atoms with Crippen LogP contribution in [0.2, 0.25) is 0 Å². The lowest BCUT2D eigenvalue weighted by molar-refractivity contribution is 0.277. The lowest BCUT2D eigenvalue weighted by Crippen LogP contribution is -2.03. The maximum absolute atomic E-state index is 9.62. The van der Waals surface area contributed by atoms with Crippen LogP contribution in [0.4, 0.5) is 0 Å². The minimum absolute atomic E-state index is 0.127. The molecule has 3 aromatic rings. The van der Waals surface area contributed by atoms with E-state index in [1.807, 2.05) is 35.0 Å². The summed E-state index contributed by atoms with van der Waals surface area (Å²) in [6, 6.07) is 16.3. The molecule has 0 fully saturated rings. The predicted molar refractivity (Wildman–Crippen MR) is 86.8 cm³/mol. The quantitative estimate of drug-likeness (QED) is 0.803. The van der Waals surface area contributed by atoms with Gasteiger partial charge >= 0.3 is 0 Å². The zero-order chi connectivity index (χ0) is 15.5. The van der Waals surface area contributed by atoms with Crippen molar-refractivity contribution in [3.8, 4) is 16.9 Å². The van der Waals surface area contributed by atoms with E-state index in [4.69, 9.17) is 0 Å². The normalized spacial score (nSPS) is 10.9. The van der Waals surface area contributed by atoms with Crippen LogP contribution >= 0.6 is 0 Å². The molecule has 1 aromatic heterocycles. The Morgan fingerprint density at radius 1 is 1.09 bits per heavy atom. The molecule has 0 aliphatic heterocycles. The molecule has 2 aromatic carbocycles. The van der Waals surface area contributed by atoms with Crippen LogP contribution in [0.1, 0.15) is 23.7 Å². The van der Waals surface area contributed by atoms with Crippen LogP contribution in [0, 0.1) is 6.92 Å². The van der Waals surface area contributed by atoms with Gasteiger partial charge in [0.2, 0.25) is 0 Å². The molecule has 4 nitrogen and oxygen atoms in total. The van der Waals surface area contributed by atoms with Crippen LogP contribution in [0.25, 0.3) is 16.9 Å². The number of benzene rings is 2. The first-order valence-electron chi connectivity index (χ1n) is 7.45. The molecular weight excluding hydrogens is 274 g/mol. The van der Waals surface area contributed by atoms with Crippen LogP contribution in [-0.2, 0) is 13.0 Å². The van der Waals surface area contributed by atoms with Gasteiger partial charge < -0.3 is 5.11 Å². The third kappa shape index (κ3) is 2.53. The highest BCUT2D eigenvalue weighted by atomic mass is 16.3. The molecular formula is C18H19N3O. The van der Waals surface area contributed by atoms with Crippen LogP contribution < -0.4 is 0 Å². The number of aliphatic hydroxyl groups is 1. The van der Waals surface area contributed by atoms with Crippen molar-refractivity contribution in [2.75, 3.05) is 0 Å². The van der Waals surface area contributed by atoms with E-state index in [0.29, 0.717) is 5.69 Å². The van der Waals surface area contributed by atoms with Crippen molar-refractivity contribution in [1.82, 2.24) is 15.0 Å². The molecule has 0 bridgehead atoms. The summed E-state index contributed by atoms with van der Waals surface area (Å²) in [7, 11) is 0. The molecule has 22 heavy (non-hydrogen) atoms. The largest absolute Gasteiger partial charge is 0.390 e. The van der Waals surface area contributed by atoms with Crippen molar-refractivity contribution in [3.05, 3.63) is 65.4 Å². The Labute approximate surface area is 130 Å². The summed E-state index contributed by atoms with van der Waals surface area (Å²) in [4.78, 5) is 0. The molecule has 0 amide bonds. The Morgan fingerprint density at radius 3 is 2.64 bits per heavy atom. The third-order valence-corrected chi connectivity index (χ3v) is 3.78. The van der Waals surface area contributed by atoms with Gasteiger partial charge in [0.15, 0.2) is 0 Å². The Kier molecular flexibility index (Phi) is 4.02.